The predicted molar refractivity (Wildman–Crippen MR) is 90.8 cm³/mol. The van der Waals surface area contributed by atoms with Gasteiger partial charge in [-0.25, -0.2) is 9.18 Å². The average molecular weight is 352 g/mol. The lowest BCUT2D eigenvalue weighted by molar-refractivity contribution is -0.136. The van der Waals surface area contributed by atoms with E-state index in [-0.39, 0.29) is 24.6 Å². The van der Waals surface area contributed by atoms with Gasteiger partial charge in [-0.15, -0.1) is 0 Å². The molecule has 2 N–H and O–H groups in total. The smallest absolute Gasteiger partial charge is 0.351 e. The highest BCUT2D eigenvalue weighted by Crippen LogP contribution is 2.31. The summed E-state index contributed by atoms with van der Waals surface area (Å²) in [4.78, 5) is 30.2. The SMILES string of the molecule is CC1CCCC(C)N1CC(=O)[C@H]1O[C@@H](n2ccc(N)nc2=O)C[C@@H]1F. The van der Waals surface area contributed by atoms with Crippen LogP contribution in [0.15, 0.2) is 17.1 Å². The summed E-state index contributed by atoms with van der Waals surface area (Å²) in [5.74, 6) is -0.177. The van der Waals surface area contributed by atoms with Crippen LogP contribution >= 0.6 is 0 Å². The average Bonchev–Trinajstić information content (AvgIpc) is 2.92. The van der Waals surface area contributed by atoms with E-state index in [0.717, 1.165) is 19.3 Å². The van der Waals surface area contributed by atoms with E-state index in [9.17, 15) is 14.0 Å². The van der Waals surface area contributed by atoms with E-state index < -0.39 is 24.2 Å². The topological polar surface area (TPSA) is 90.4 Å². The number of piperidine rings is 1. The molecule has 1 aromatic rings. The molecule has 1 aromatic heterocycles. The first-order chi connectivity index (χ1) is 11.9. The number of nitrogen functional groups attached to an aromatic ring is 1. The summed E-state index contributed by atoms with van der Waals surface area (Å²) in [7, 11) is 0. The molecule has 0 amide bonds. The number of anilines is 1. The van der Waals surface area contributed by atoms with Gasteiger partial charge in [-0.05, 0) is 32.8 Å². The number of likely N-dealkylation sites (tertiary alicyclic amines) is 1. The Morgan fingerprint density at radius 3 is 2.72 bits per heavy atom. The van der Waals surface area contributed by atoms with Crippen LogP contribution in [-0.2, 0) is 9.53 Å². The van der Waals surface area contributed by atoms with Crippen molar-refractivity contribution in [3.63, 3.8) is 0 Å². The summed E-state index contributed by atoms with van der Waals surface area (Å²) in [5, 5.41) is 0. The van der Waals surface area contributed by atoms with Crippen molar-refractivity contribution in [2.45, 2.75) is 70.1 Å². The van der Waals surface area contributed by atoms with E-state index >= 15 is 0 Å². The second-order valence-electron chi connectivity index (χ2n) is 7.07. The fourth-order valence-corrected chi connectivity index (χ4v) is 3.78. The molecule has 0 aromatic carbocycles. The molecular weight excluding hydrogens is 327 g/mol. The van der Waals surface area contributed by atoms with Crippen molar-refractivity contribution in [1.82, 2.24) is 14.5 Å². The number of halogens is 1. The molecule has 2 aliphatic heterocycles. The largest absolute Gasteiger partial charge is 0.383 e. The highest BCUT2D eigenvalue weighted by Gasteiger charge is 2.42. The molecule has 2 aliphatic rings. The van der Waals surface area contributed by atoms with Gasteiger partial charge in [-0.3, -0.25) is 14.3 Å². The number of hydrogen-bond acceptors (Lipinski definition) is 6. The number of alkyl halides is 1. The van der Waals surface area contributed by atoms with Crippen LogP contribution in [-0.4, -0.2) is 51.1 Å². The molecule has 5 atom stereocenters. The second kappa shape index (κ2) is 7.21. The number of carbonyl (C=O) groups is 1. The van der Waals surface area contributed by atoms with Crippen LogP contribution < -0.4 is 11.4 Å². The van der Waals surface area contributed by atoms with Crippen molar-refractivity contribution in [1.29, 1.82) is 0 Å². The monoisotopic (exact) mass is 352 g/mol. The molecule has 0 saturated carbocycles. The summed E-state index contributed by atoms with van der Waals surface area (Å²) in [6, 6.07) is 2.04. The van der Waals surface area contributed by atoms with E-state index in [2.05, 4.69) is 23.7 Å². The summed E-state index contributed by atoms with van der Waals surface area (Å²) in [5.41, 5.74) is 4.85. The van der Waals surface area contributed by atoms with Gasteiger partial charge in [0.2, 0.25) is 0 Å². The molecule has 7 nitrogen and oxygen atoms in total. The number of carbonyl (C=O) groups excluding carboxylic acids is 1. The van der Waals surface area contributed by atoms with Crippen molar-refractivity contribution in [3.05, 3.63) is 22.7 Å². The normalized spacial score (nSPS) is 33.5. The van der Waals surface area contributed by atoms with Gasteiger partial charge in [0, 0.05) is 24.7 Å². The number of aromatic nitrogens is 2. The molecule has 0 spiro atoms. The quantitative estimate of drug-likeness (QED) is 0.878. The minimum atomic E-state index is -1.43. The van der Waals surface area contributed by atoms with Gasteiger partial charge in [0.1, 0.15) is 18.2 Å². The number of nitrogens with zero attached hydrogens (tertiary/aromatic N) is 3. The molecule has 8 heteroatoms. The van der Waals surface area contributed by atoms with Gasteiger partial charge in [-0.2, -0.15) is 4.98 Å². The molecule has 2 fully saturated rings. The Morgan fingerprint density at radius 1 is 1.40 bits per heavy atom. The van der Waals surface area contributed by atoms with Crippen molar-refractivity contribution in [3.8, 4) is 0 Å². The van der Waals surface area contributed by atoms with E-state index in [4.69, 9.17) is 10.5 Å². The number of nitrogens with two attached hydrogens (primary N) is 1. The fourth-order valence-electron chi connectivity index (χ4n) is 3.78. The van der Waals surface area contributed by atoms with E-state index in [0.29, 0.717) is 12.1 Å². The van der Waals surface area contributed by atoms with Gasteiger partial charge in [0.25, 0.3) is 0 Å². The summed E-state index contributed by atoms with van der Waals surface area (Å²) >= 11 is 0. The Balaban J connectivity index is 1.68. The maximum absolute atomic E-state index is 14.4. The highest BCUT2D eigenvalue weighted by atomic mass is 19.1. The molecule has 2 unspecified atom stereocenters. The zero-order chi connectivity index (χ0) is 18.1. The number of rotatable bonds is 4. The zero-order valence-corrected chi connectivity index (χ0v) is 14.6. The summed E-state index contributed by atoms with van der Waals surface area (Å²) < 4.78 is 21.2. The molecule has 25 heavy (non-hydrogen) atoms. The van der Waals surface area contributed by atoms with Gasteiger partial charge in [0.15, 0.2) is 11.9 Å². The molecule has 0 radical (unpaired) electrons. The lowest BCUT2D eigenvalue weighted by atomic mass is 9.96. The Bertz CT molecular complexity index is 685. The third-order valence-corrected chi connectivity index (χ3v) is 5.25. The summed E-state index contributed by atoms with van der Waals surface area (Å²) in [6.45, 7) is 4.36. The van der Waals surface area contributed by atoms with Crippen LogP contribution in [0.4, 0.5) is 10.2 Å². The number of Topliss-reactive ketones (excluding diaryl/α,β-unsaturated/α-hetero) is 1. The molecule has 0 aliphatic carbocycles. The minimum absolute atomic E-state index is 0.0486. The lowest BCUT2D eigenvalue weighted by Gasteiger charge is -2.38. The number of ketones is 1. The lowest BCUT2D eigenvalue weighted by Crippen LogP contribution is -2.49. The third-order valence-electron chi connectivity index (χ3n) is 5.25. The molecule has 3 heterocycles. The minimum Gasteiger partial charge on any atom is -0.383 e. The fraction of sp³-hybridized carbons (Fsp3) is 0.706. The Labute approximate surface area is 146 Å². The van der Waals surface area contributed by atoms with Crippen LogP contribution in [0.2, 0.25) is 0 Å². The first-order valence-corrected chi connectivity index (χ1v) is 8.79. The van der Waals surface area contributed by atoms with Gasteiger partial charge in [0.05, 0.1) is 6.54 Å². The van der Waals surface area contributed by atoms with Crippen molar-refractivity contribution in [2.24, 2.45) is 0 Å². The van der Waals surface area contributed by atoms with Gasteiger partial charge < -0.3 is 10.5 Å². The Morgan fingerprint density at radius 2 is 2.08 bits per heavy atom. The molecule has 3 rings (SSSR count). The third kappa shape index (κ3) is 3.74. The van der Waals surface area contributed by atoms with Crippen LogP contribution in [0, 0.1) is 0 Å². The summed E-state index contributed by atoms with van der Waals surface area (Å²) in [6.07, 6.45) is 1.19. The standard InChI is InChI=1S/C17H25FN4O3/c1-10-4-3-5-11(2)22(10)9-13(23)16-12(18)8-15(25-16)21-7-6-14(19)20-17(21)24/h6-7,10-12,15-16H,3-5,8-9H2,1-2H3,(H2,19,20,24)/t10?,11?,12-,15+,16-/m0/s1. The van der Waals surface area contributed by atoms with Crippen LogP contribution in [0.3, 0.4) is 0 Å². The van der Waals surface area contributed by atoms with Crippen molar-refractivity contribution >= 4 is 11.6 Å². The van der Waals surface area contributed by atoms with E-state index in [1.807, 2.05) is 0 Å². The molecule has 0 bridgehead atoms. The Hall–Kier alpha value is -1.80. The Kier molecular flexibility index (Phi) is 5.19. The van der Waals surface area contributed by atoms with E-state index in [1.165, 1.54) is 16.8 Å². The van der Waals surface area contributed by atoms with Gasteiger partial charge in [-0.1, -0.05) is 6.42 Å². The maximum Gasteiger partial charge on any atom is 0.351 e. The highest BCUT2D eigenvalue weighted by molar-refractivity contribution is 5.86. The second-order valence-corrected chi connectivity index (χ2v) is 7.07. The predicted octanol–water partition coefficient (Wildman–Crippen LogP) is 1.28. The molecular formula is C17H25FN4O3. The van der Waals surface area contributed by atoms with Crippen molar-refractivity contribution in [2.75, 3.05) is 12.3 Å². The first-order valence-electron chi connectivity index (χ1n) is 8.79. The zero-order valence-electron chi connectivity index (χ0n) is 14.6. The maximum atomic E-state index is 14.4. The van der Waals surface area contributed by atoms with Crippen LogP contribution in [0.1, 0.15) is 45.8 Å². The number of ether oxygens (including phenoxy) is 1. The van der Waals surface area contributed by atoms with Crippen LogP contribution in [0.25, 0.3) is 0 Å². The van der Waals surface area contributed by atoms with Crippen molar-refractivity contribution < 1.29 is 13.9 Å². The number of hydrogen-bond donors (Lipinski definition) is 1. The molecule has 138 valence electrons. The van der Waals surface area contributed by atoms with Crippen LogP contribution in [0.5, 0.6) is 0 Å². The van der Waals surface area contributed by atoms with Gasteiger partial charge >= 0.3 is 5.69 Å². The van der Waals surface area contributed by atoms with E-state index in [1.54, 1.807) is 0 Å². The first kappa shape index (κ1) is 18.0. The molecule has 2 saturated heterocycles.